The molecule has 0 radical (unpaired) electrons. The van der Waals surface area contributed by atoms with Gasteiger partial charge in [0.05, 0.1) is 16.5 Å². The van der Waals surface area contributed by atoms with Crippen molar-refractivity contribution in [3.8, 4) is 0 Å². The van der Waals surface area contributed by atoms with E-state index in [0.717, 1.165) is 9.80 Å². The molecule has 4 rings (SSSR count). The Morgan fingerprint density at radius 2 is 1.67 bits per heavy atom. The van der Waals surface area contributed by atoms with Gasteiger partial charge < -0.3 is 10.5 Å². The lowest BCUT2D eigenvalue weighted by molar-refractivity contribution is -0.121. The zero-order chi connectivity index (χ0) is 23.4. The Hall–Kier alpha value is -3.91. The van der Waals surface area contributed by atoms with Crippen LogP contribution in [0.15, 0.2) is 83.8 Å². The molecule has 1 aliphatic rings. The van der Waals surface area contributed by atoms with Gasteiger partial charge in [-0.05, 0) is 42.5 Å². The number of ketones is 1. The highest BCUT2D eigenvalue weighted by atomic mass is 32.2. The summed E-state index contributed by atoms with van der Waals surface area (Å²) < 4.78 is 5.10. The third-order valence-corrected chi connectivity index (χ3v) is 6.21. The van der Waals surface area contributed by atoms with Crippen LogP contribution in [0, 0.1) is 0 Å². The van der Waals surface area contributed by atoms with E-state index < -0.39 is 11.2 Å². The number of carbonyl (C=O) groups is 4. The normalized spacial score (nSPS) is 15.5. The third-order valence-electron chi connectivity index (χ3n) is 5.03. The number of hydrogen-bond donors (Lipinski definition) is 1. The molecule has 166 valence electrons. The highest BCUT2D eigenvalue weighted by Gasteiger charge is 2.40. The molecule has 0 unspecified atom stereocenters. The highest BCUT2D eigenvalue weighted by molar-refractivity contribution is 8.00. The molecule has 1 aliphatic heterocycles. The summed E-state index contributed by atoms with van der Waals surface area (Å²) in [4.78, 5) is 51.7. The van der Waals surface area contributed by atoms with Gasteiger partial charge in [0.25, 0.3) is 0 Å². The number of amides is 2. The molecule has 0 spiro atoms. The molecule has 0 bridgehead atoms. The number of ether oxygens (including phenoxy) is 1. The molecule has 7 nitrogen and oxygen atoms in total. The first-order valence-corrected chi connectivity index (χ1v) is 11.0. The van der Waals surface area contributed by atoms with Gasteiger partial charge in [-0.15, -0.1) is 11.8 Å². The average Bonchev–Trinajstić information content (AvgIpc) is 3.10. The molecule has 2 N–H and O–H groups in total. The minimum atomic E-state index is -0.667. The van der Waals surface area contributed by atoms with Crippen LogP contribution in [0.2, 0.25) is 0 Å². The largest absolute Gasteiger partial charge is 0.454 e. The zero-order valence-electron chi connectivity index (χ0n) is 17.5. The molecule has 0 saturated carbocycles. The number of rotatable bonds is 7. The standard InChI is InChI=1S/C25H20N2O5S/c26-18-7-4-8-20(13-18)33-22-14-23(29)27(24(22)30)19-11-9-17(10-12-19)25(31)32-15-21(28)16-5-2-1-3-6-16/h1-13,22H,14-15,26H2/t22-/m0/s1. The third kappa shape index (κ3) is 5.12. The van der Waals surface area contributed by atoms with Gasteiger partial charge in [0.2, 0.25) is 11.8 Å². The zero-order valence-corrected chi connectivity index (χ0v) is 18.3. The van der Waals surface area contributed by atoms with Crippen molar-refractivity contribution in [3.63, 3.8) is 0 Å². The Morgan fingerprint density at radius 3 is 2.36 bits per heavy atom. The Morgan fingerprint density at radius 1 is 0.939 bits per heavy atom. The number of hydrogen-bond acceptors (Lipinski definition) is 7. The summed E-state index contributed by atoms with van der Waals surface area (Å²) in [6.07, 6.45) is 0.0731. The molecule has 1 heterocycles. The van der Waals surface area contributed by atoms with Gasteiger partial charge >= 0.3 is 5.97 Å². The molecule has 1 atom stereocenters. The van der Waals surface area contributed by atoms with E-state index in [9.17, 15) is 19.2 Å². The summed E-state index contributed by atoms with van der Waals surface area (Å²) in [5.74, 6) is -1.61. The summed E-state index contributed by atoms with van der Waals surface area (Å²) in [5, 5.41) is -0.548. The molecule has 0 aromatic heterocycles. The van der Waals surface area contributed by atoms with Crippen molar-refractivity contribution in [1.82, 2.24) is 0 Å². The lowest BCUT2D eigenvalue weighted by atomic mass is 10.1. The highest BCUT2D eigenvalue weighted by Crippen LogP contribution is 2.34. The number of carbonyl (C=O) groups excluding carboxylic acids is 4. The maximum Gasteiger partial charge on any atom is 0.338 e. The minimum Gasteiger partial charge on any atom is -0.454 e. The van der Waals surface area contributed by atoms with E-state index in [2.05, 4.69) is 0 Å². The van der Waals surface area contributed by atoms with Crippen LogP contribution in [0.4, 0.5) is 11.4 Å². The summed E-state index contributed by atoms with van der Waals surface area (Å²) in [5.41, 5.74) is 7.41. The Labute approximate surface area is 194 Å². The summed E-state index contributed by atoms with van der Waals surface area (Å²) >= 11 is 1.29. The number of nitrogen functional groups attached to an aromatic ring is 1. The van der Waals surface area contributed by atoms with Crippen molar-refractivity contribution in [1.29, 1.82) is 0 Å². The maximum atomic E-state index is 12.9. The average molecular weight is 461 g/mol. The second kappa shape index (κ2) is 9.70. The molecule has 2 amide bonds. The fraction of sp³-hybridized carbons (Fsp3) is 0.120. The molecule has 1 fully saturated rings. The van der Waals surface area contributed by atoms with Gasteiger partial charge in [-0.1, -0.05) is 36.4 Å². The van der Waals surface area contributed by atoms with Gasteiger partial charge in [-0.3, -0.25) is 14.4 Å². The van der Waals surface area contributed by atoms with Gasteiger partial charge in [-0.2, -0.15) is 0 Å². The molecule has 3 aromatic rings. The first kappa shape index (κ1) is 22.3. The molecular weight excluding hydrogens is 440 g/mol. The van der Waals surface area contributed by atoms with Gasteiger partial charge in [-0.25, -0.2) is 9.69 Å². The Kier molecular flexibility index (Phi) is 6.55. The number of nitrogens with zero attached hydrogens (tertiary/aromatic N) is 1. The van der Waals surface area contributed by atoms with Crippen LogP contribution in [0.3, 0.4) is 0 Å². The van der Waals surface area contributed by atoms with Crippen molar-refractivity contribution >= 4 is 46.7 Å². The van der Waals surface area contributed by atoms with Crippen LogP contribution in [-0.4, -0.2) is 35.4 Å². The number of thioether (sulfide) groups is 1. The molecule has 3 aromatic carbocycles. The second-order valence-electron chi connectivity index (χ2n) is 7.36. The van der Waals surface area contributed by atoms with Crippen LogP contribution in [0.25, 0.3) is 0 Å². The fourth-order valence-corrected chi connectivity index (χ4v) is 4.51. The van der Waals surface area contributed by atoms with Crippen molar-refractivity contribution in [2.24, 2.45) is 0 Å². The Bertz CT molecular complexity index is 1210. The second-order valence-corrected chi connectivity index (χ2v) is 8.64. The number of esters is 1. The quantitative estimate of drug-likeness (QED) is 0.248. The molecule has 0 aliphatic carbocycles. The van der Waals surface area contributed by atoms with E-state index in [-0.39, 0.29) is 36.2 Å². The number of Topliss-reactive ketones (excluding diaryl/α,β-unsaturated/α-hetero) is 1. The predicted molar refractivity (Wildman–Crippen MR) is 125 cm³/mol. The van der Waals surface area contributed by atoms with E-state index in [1.807, 2.05) is 6.07 Å². The first-order valence-electron chi connectivity index (χ1n) is 10.2. The van der Waals surface area contributed by atoms with Gasteiger partial charge in [0.1, 0.15) is 0 Å². The van der Waals surface area contributed by atoms with Crippen molar-refractivity contribution in [3.05, 3.63) is 90.0 Å². The Balaban J connectivity index is 1.39. The first-order chi connectivity index (χ1) is 15.9. The van der Waals surface area contributed by atoms with Crippen LogP contribution in [0.1, 0.15) is 27.1 Å². The van der Waals surface area contributed by atoms with Gasteiger partial charge in [0, 0.05) is 22.6 Å². The number of benzene rings is 3. The van der Waals surface area contributed by atoms with E-state index in [4.69, 9.17) is 10.5 Å². The van der Waals surface area contributed by atoms with Gasteiger partial charge in [0.15, 0.2) is 12.4 Å². The van der Waals surface area contributed by atoms with Crippen LogP contribution in [-0.2, 0) is 14.3 Å². The summed E-state index contributed by atoms with van der Waals surface area (Å²) in [6.45, 7) is -0.378. The number of nitrogens with two attached hydrogens (primary N) is 1. The van der Waals surface area contributed by atoms with Crippen molar-refractivity contribution in [2.75, 3.05) is 17.2 Å². The maximum absolute atomic E-state index is 12.9. The van der Waals surface area contributed by atoms with E-state index in [1.54, 1.807) is 48.5 Å². The molecule has 1 saturated heterocycles. The van der Waals surface area contributed by atoms with Crippen LogP contribution in [0.5, 0.6) is 0 Å². The van der Waals surface area contributed by atoms with Crippen molar-refractivity contribution < 1.29 is 23.9 Å². The molecule has 8 heteroatoms. The molecular formula is C25H20N2O5S. The van der Waals surface area contributed by atoms with Crippen molar-refractivity contribution in [2.45, 2.75) is 16.6 Å². The number of imide groups is 1. The smallest absolute Gasteiger partial charge is 0.338 e. The van der Waals surface area contributed by atoms with E-state index in [0.29, 0.717) is 16.9 Å². The van der Waals surface area contributed by atoms with E-state index in [1.165, 1.54) is 36.0 Å². The fourth-order valence-electron chi connectivity index (χ4n) is 3.39. The lowest BCUT2D eigenvalue weighted by Crippen LogP contribution is -2.31. The lowest BCUT2D eigenvalue weighted by Gasteiger charge is -2.15. The summed E-state index contributed by atoms with van der Waals surface area (Å²) in [6, 6.07) is 21.6. The monoisotopic (exact) mass is 460 g/mol. The van der Waals surface area contributed by atoms with Crippen LogP contribution < -0.4 is 10.6 Å². The summed E-state index contributed by atoms with van der Waals surface area (Å²) in [7, 11) is 0. The van der Waals surface area contributed by atoms with Crippen LogP contribution >= 0.6 is 11.8 Å². The SMILES string of the molecule is Nc1cccc(S[C@H]2CC(=O)N(c3ccc(C(=O)OCC(=O)c4ccccc4)cc3)C2=O)c1. The molecule has 33 heavy (non-hydrogen) atoms. The predicted octanol–water partition coefficient (Wildman–Crippen LogP) is 3.73. The van der Waals surface area contributed by atoms with E-state index >= 15 is 0 Å². The number of anilines is 2. The minimum absolute atomic E-state index is 0.0731. The topological polar surface area (TPSA) is 107 Å².